The van der Waals surface area contributed by atoms with Gasteiger partial charge >= 0.3 is 0 Å². The lowest BCUT2D eigenvalue weighted by atomic mass is 10.1. The molecule has 3 nitrogen and oxygen atoms in total. The number of halogens is 1. The van der Waals surface area contributed by atoms with E-state index in [1.54, 1.807) is 6.20 Å². The molecule has 0 aromatic carbocycles. The van der Waals surface area contributed by atoms with E-state index in [9.17, 15) is 4.39 Å². The molecule has 0 bridgehead atoms. The van der Waals surface area contributed by atoms with Crippen molar-refractivity contribution in [3.8, 4) is 0 Å². The molecule has 1 aliphatic rings. The van der Waals surface area contributed by atoms with Gasteiger partial charge in [-0.15, -0.1) is 0 Å². The van der Waals surface area contributed by atoms with Crippen molar-refractivity contribution in [1.82, 2.24) is 9.97 Å². The lowest BCUT2D eigenvalue weighted by Crippen LogP contribution is -2.36. The molecule has 0 radical (unpaired) electrons. The molecule has 5 heteroatoms. The van der Waals surface area contributed by atoms with Gasteiger partial charge in [-0.1, -0.05) is 0 Å². The SMILES string of the molecule is CSC1CCN(c2nccnc2F)CC1. The molecule has 1 saturated heterocycles. The molecule has 0 amide bonds. The molecule has 1 aromatic rings. The Balaban J connectivity index is 2.04. The van der Waals surface area contributed by atoms with Gasteiger partial charge in [-0.2, -0.15) is 16.2 Å². The minimum absolute atomic E-state index is 0.400. The minimum atomic E-state index is -0.458. The van der Waals surface area contributed by atoms with E-state index >= 15 is 0 Å². The summed E-state index contributed by atoms with van der Waals surface area (Å²) in [6.07, 6.45) is 7.24. The van der Waals surface area contributed by atoms with Gasteiger partial charge < -0.3 is 4.90 Å². The van der Waals surface area contributed by atoms with Crippen LogP contribution in [0.3, 0.4) is 0 Å². The molecular weight excluding hydrogens is 213 g/mol. The topological polar surface area (TPSA) is 29.0 Å². The normalized spacial score (nSPS) is 18.1. The van der Waals surface area contributed by atoms with Gasteiger partial charge in [-0.25, -0.2) is 9.97 Å². The smallest absolute Gasteiger partial charge is 0.255 e. The van der Waals surface area contributed by atoms with Crippen LogP contribution in [-0.2, 0) is 0 Å². The Labute approximate surface area is 93.1 Å². The van der Waals surface area contributed by atoms with Crippen molar-refractivity contribution in [3.05, 3.63) is 18.3 Å². The first-order chi connectivity index (χ1) is 7.31. The van der Waals surface area contributed by atoms with Crippen LogP contribution in [-0.4, -0.2) is 34.6 Å². The Hall–Kier alpha value is -0.840. The molecule has 82 valence electrons. The number of piperidine rings is 1. The van der Waals surface area contributed by atoms with E-state index in [-0.39, 0.29) is 0 Å². The summed E-state index contributed by atoms with van der Waals surface area (Å²) >= 11 is 1.89. The van der Waals surface area contributed by atoms with E-state index in [1.807, 2.05) is 16.7 Å². The van der Waals surface area contributed by atoms with Gasteiger partial charge in [0.2, 0.25) is 0 Å². The van der Waals surface area contributed by atoms with Crippen LogP contribution < -0.4 is 4.90 Å². The molecule has 0 spiro atoms. The van der Waals surface area contributed by atoms with Crippen LogP contribution >= 0.6 is 11.8 Å². The lowest BCUT2D eigenvalue weighted by molar-refractivity contribution is 0.538. The minimum Gasteiger partial charge on any atom is -0.353 e. The number of hydrogen-bond acceptors (Lipinski definition) is 4. The third-order valence-corrected chi connectivity index (χ3v) is 3.85. The van der Waals surface area contributed by atoms with Crippen LogP contribution in [0.25, 0.3) is 0 Å². The summed E-state index contributed by atoms with van der Waals surface area (Å²) in [5, 5.41) is 0.709. The second-order valence-electron chi connectivity index (χ2n) is 3.59. The van der Waals surface area contributed by atoms with E-state index in [2.05, 4.69) is 16.2 Å². The summed E-state index contributed by atoms with van der Waals surface area (Å²) < 4.78 is 13.3. The van der Waals surface area contributed by atoms with Crippen molar-refractivity contribution in [2.24, 2.45) is 0 Å². The van der Waals surface area contributed by atoms with Crippen molar-refractivity contribution >= 4 is 17.6 Å². The maximum absolute atomic E-state index is 13.3. The number of rotatable bonds is 2. The fourth-order valence-corrected chi connectivity index (χ4v) is 2.51. The van der Waals surface area contributed by atoms with Crippen molar-refractivity contribution in [2.45, 2.75) is 18.1 Å². The molecule has 1 aromatic heterocycles. The lowest BCUT2D eigenvalue weighted by Gasteiger charge is -2.31. The van der Waals surface area contributed by atoms with Gasteiger partial charge in [0, 0.05) is 30.7 Å². The van der Waals surface area contributed by atoms with E-state index in [0.717, 1.165) is 25.9 Å². The van der Waals surface area contributed by atoms with Crippen molar-refractivity contribution in [3.63, 3.8) is 0 Å². The zero-order valence-corrected chi connectivity index (χ0v) is 9.50. The average Bonchev–Trinajstić information content (AvgIpc) is 2.30. The first-order valence-electron chi connectivity index (χ1n) is 5.05. The van der Waals surface area contributed by atoms with Gasteiger partial charge in [0.1, 0.15) is 0 Å². The number of hydrogen-bond donors (Lipinski definition) is 0. The molecule has 2 rings (SSSR count). The Morgan fingerprint density at radius 3 is 2.60 bits per heavy atom. The van der Waals surface area contributed by atoms with Crippen molar-refractivity contribution < 1.29 is 4.39 Å². The number of aromatic nitrogens is 2. The predicted octanol–water partition coefficient (Wildman–Crippen LogP) is 1.95. The van der Waals surface area contributed by atoms with E-state index < -0.39 is 5.95 Å². The largest absolute Gasteiger partial charge is 0.353 e. The zero-order chi connectivity index (χ0) is 10.7. The Morgan fingerprint density at radius 2 is 2.00 bits per heavy atom. The molecule has 1 aliphatic heterocycles. The monoisotopic (exact) mass is 227 g/mol. The number of nitrogens with zero attached hydrogens (tertiary/aromatic N) is 3. The Bertz CT molecular complexity index is 326. The summed E-state index contributed by atoms with van der Waals surface area (Å²) in [4.78, 5) is 9.63. The first-order valence-corrected chi connectivity index (χ1v) is 6.34. The maximum Gasteiger partial charge on any atom is 0.255 e. The quantitative estimate of drug-likeness (QED) is 0.772. The molecule has 0 N–H and O–H groups in total. The molecule has 0 aliphatic carbocycles. The first kappa shape index (κ1) is 10.7. The van der Waals surface area contributed by atoms with Gasteiger partial charge in [0.25, 0.3) is 5.95 Å². The highest BCUT2D eigenvalue weighted by Crippen LogP contribution is 2.24. The predicted molar refractivity (Wildman–Crippen MR) is 60.7 cm³/mol. The second-order valence-corrected chi connectivity index (χ2v) is 4.73. The maximum atomic E-state index is 13.3. The molecule has 2 heterocycles. The third kappa shape index (κ3) is 2.40. The van der Waals surface area contributed by atoms with Crippen molar-refractivity contribution in [2.75, 3.05) is 24.2 Å². The van der Waals surface area contributed by atoms with Crippen LogP contribution in [0.5, 0.6) is 0 Å². The summed E-state index contributed by atoms with van der Waals surface area (Å²) in [6, 6.07) is 0. The average molecular weight is 227 g/mol. The van der Waals surface area contributed by atoms with Gasteiger partial charge in [-0.05, 0) is 19.1 Å². The van der Waals surface area contributed by atoms with E-state index in [0.29, 0.717) is 11.1 Å². The zero-order valence-electron chi connectivity index (χ0n) is 8.69. The highest BCUT2D eigenvalue weighted by atomic mass is 32.2. The van der Waals surface area contributed by atoms with Crippen LogP contribution in [0.2, 0.25) is 0 Å². The van der Waals surface area contributed by atoms with Gasteiger partial charge in [0.15, 0.2) is 5.82 Å². The van der Waals surface area contributed by atoms with Gasteiger partial charge in [-0.3, -0.25) is 0 Å². The fraction of sp³-hybridized carbons (Fsp3) is 0.600. The Kier molecular flexibility index (Phi) is 3.41. The molecular formula is C10H14FN3S. The third-order valence-electron chi connectivity index (χ3n) is 2.71. The van der Waals surface area contributed by atoms with E-state index in [1.165, 1.54) is 6.20 Å². The molecule has 15 heavy (non-hydrogen) atoms. The number of anilines is 1. The number of thioether (sulfide) groups is 1. The standard InChI is InChI=1S/C10H14FN3S/c1-15-8-2-6-14(7-3-8)10-9(11)12-4-5-13-10/h4-5,8H,2-3,6-7H2,1H3. The van der Waals surface area contributed by atoms with Gasteiger partial charge in [0.05, 0.1) is 0 Å². The highest BCUT2D eigenvalue weighted by molar-refractivity contribution is 7.99. The summed E-state index contributed by atoms with van der Waals surface area (Å²) in [6.45, 7) is 1.75. The van der Waals surface area contributed by atoms with Crippen LogP contribution in [0.15, 0.2) is 12.4 Å². The molecule has 0 saturated carbocycles. The van der Waals surface area contributed by atoms with Crippen LogP contribution in [0, 0.1) is 5.95 Å². The molecule has 1 fully saturated rings. The molecule has 0 unspecified atom stereocenters. The Morgan fingerprint density at radius 1 is 1.33 bits per heavy atom. The second kappa shape index (κ2) is 4.79. The van der Waals surface area contributed by atoms with E-state index in [4.69, 9.17) is 0 Å². The highest BCUT2D eigenvalue weighted by Gasteiger charge is 2.21. The summed E-state index contributed by atoms with van der Waals surface area (Å²) in [5.74, 6) is -0.0582. The summed E-state index contributed by atoms with van der Waals surface area (Å²) in [5.41, 5.74) is 0. The summed E-state index contributed by atoms with van der Waals surface area (Å²) in [7, 11) is 0. The molecule has 0 atom stereocenters. The fourth-order valence-electron chi connectivity index (χ4n) is 1.83. The van der Waals surface area contributed by atoms with Crippen molar-refractivity contribution in [1.29, 1.82) is 0 Å². The van der Waals surface area contributed by atoms with Crippen LogP contribution in [0.4, 0.5) is 10.2 Å². The van der Waals surface area contributed by atoms with Crippen LogP contribution in [0.1, 0.15) is 12.8 Å².